The first kappa shape index (κ1) is 31.1. The summed E-state index contributed by atoms with van der Waals surface area (Å²) < 4.78 is 0. The lowest BCUT2D eigenvalue weighted by Gasteiger charge is -2.17. The van der Waals surface area contributed by atoms with Crippen LogP contribution < -0.4 is 10.7 Å². The van der Waals surface area contributed by atoms with Gasteiger partial charge in [0.1, 0.15) is 23.0 Å². The van der Waals surface area contributed by atoms with E-state index in [-0.39, 0.29) is 28.9 Å². The van der Waals surface area contributed by atoms with Crippen molar-refractivity contribution in [2.24, 2.45) is 4.99 Å². The largest absolute Gasteiger partial charge is 0.508 e. The molecule has 0 fully saturated rings. The van der Waals surface area contributed by atoms with Gasteiger partial charge in [-0.25, -0.2) is 0 Å². The van der Waals surface area contributed by atoms with E-state index in [9.17, 15) is 20.4 Å². The molecule has 8 heteroatoms. The van der Waals surface area contributed by atoms with Crippen molar-refractivity contribution in [3.8, 4) is 23.0 Å². The van der Waals surface area contributed by atoms with E-state index in [0.29, 0.717) is 12.8 Å². The van der Waals surface area contributed by atoms with Crippen LogP contribution in [0.1, 0.15) is 63.8 Å². The number of fused-ring (bicyclic) bond motifs is 7. The molecule has 1 unspecified atom stereocenters. The van der Waals surface area contributed by atoms with Crippen LogP contribution in [0.2, 0.25) is 0 Å². The number of aromatic nitrogens is 3. The third-order valence-electron chi connectivity index (χ3n) is 9.86. The Morgan fingerprint density at radius 3 is 1.54 bits per heavy atom. The fraction of sp³-hybridized carbons (Fsp3) is 0.0682. The molecule has 0 spiro atoms. The highest BCUT2D eigenvalue weighted by Gasteiger charge is 2.27. The summed E-state index contributed by atoms with van der Waals surface area (Å²) in [7, 11) is 0. The Labute approximate surface area is 298 Å². The number of H-pyrrole nitrogens is 3. The molecule has 0 saturated heterocycles. The second-order valence-electron chi connectivity index (χ2n) is 13.2. The molecule has 0 amide bonds. The molecule has 2 aliphatic rings. The van der Waals surface area contributed by atoms with E-state index in [2.05, 4.69) is 27.1 Å². The molecule has 5 heterocycles. The van der Waals surface area contributed by atoms with Crippen molar-refractivity contribution in [1.82, 2.24) is 15.0 Å². The quantitative estimate of drug-likeness (QED) is 0.106. The summed E-state index contributed by atoms with van der Waals surface area (Å²) in [4.78, 5) is 16.4. The Hall–Kier alpha value is -6.93. The van der Waals surface area contributed by atoms with Crippen LogP contribution in [0.25, 0.3) is 16.7 Å². The van der Waals surface area contributed by atoms with Gasteiger partial charge in [-0.1, -0.05) is 48.5 Å². The zero-order valence-corrected chi connectivity index (χ0v) is 27.9. The number of aromatic amines is 3. The maximum atomic E-state index is 10.6. The number of nitrogens with zero attached hydrogens (tertiary/aromatic N) is 1. The van der Waals surface area contributed by atoms with Gasteiger partial charge in [0, 0.05) is 50.2 Å². The van der Waals surface area contributed by atoms with E-state index < -0.39 is 0 Å². The van der Waals surface area contributed by atoms with E-state index >= 15 is 0 Å². The lowest BCUT2D eigenvalue weighted by molar-refractivity contribution is 0.474. The van der Waals surface area contributed by atoms with Crippen LogP contribution >= 0.6 is 0 Å². The highest BCUT2D eigenvalue weighted by molar-refractivity contribution is 6.24. The summed E-state index contributed by atoms with van der Waals surface area (Å²) in [6.07, 6.45) is 1.31. The smallest absolute Gasteiger partial charge is 0.116 e. The summed E-state index contributed by atoms with van der Waals surface area (Å²) in [6.45, 7) is 0. The third-order valence-corrected chi connectivity index (χ3v) is 9.86. The maximum Gasteiger partial charge on any atom is 0.116 e. The average Bonchev–Trinajstić information content (AvgIpc) is 3.96. The highest BCUT2D eigenvalue weighted by atomic mass is 16.3. The number of hydrogen-bond acceptors (Lipinski definition) is 5. The van der Waals surface area contributed by atoms with Gasteiger partial charge in [0.15, 0.2) is 0 Å². The molecule has 0 saturated carbocycles. The summed E-state index contributed by atoms with van der Waals surface area (Å²) in [6, 6.07) is 41.2. The fourth-order valence-electron chi connectivity index (χ4n) is 7.64. The van der Waals surface area contributed by atoms with E-state index in [0.717, 1.165) is 83.9 Å². The van der Waals surface area contributed by atoms with Crippen LogP contribution in [0, 0.1) is 0 Å². The summed E-state index contributed by atoms with van der Waals surface area (Å²) in [5.41, 5.74) is 11.2. The SMILES string of the molecule is Oc1cccc(C2=C3CCC(=N3)C(c3cccc(O)c3)=c3ccc([nH]3)=C(c3cccc(O)c3)c3ccc([nH]3)C(c3cccc(O)c3)c3ccc2[nH]3)c1. The minimum absolute atomic E-state index is 0.154. The van der Waals surface area contributed by atoms with Crippen molar-refractivity contribution in [3.63, 3.8) is 0 Å². The van der Waals surface area contributed by atoms with Gasteiger partial charge in [0.2, 0.25) is 0 Å². The molecular formula is C44H34N4O4. The summed E-state index contributed by atoms with van der Waals surface area (Å²) in [5.74, 6) is 0.332. The molecule has 2 aliphatic heterocycles. The van der Waals surface area contributed by atoms with E-state index in [4.69, 9.17) is 4.99 Å². The molecule has 8 nitrogen and oxygen atoms in total. The van der Waals surface area contributed by atoms with Gasteiger partial charge >= 0.3 is 0 Å². The second-order valence-corrected chi connectivity index (χ2v) is 13.2. The average molecular weight is 683 g/mol. The first-order chi connectivity index (χ1) is 25.4. The van der Waals surface area contributed by atoms with Crippen LogP contribution in [0.5, 0.6) is 23.0 Å². The molecule has 9 rings (SSSR count). The van der Waals surface area contributed by atoms with Crippen LogP contribution in [0.3, 0.4) is 0 Å². The zero-order valence-electron chi connectivity index (χ0n) is 27.9. The minimum Gasteiger partial charge on any atom is -0.508 e. The number of aliphatic imine (C=N–C) groups is 1. The molecule has 1 atom stereocenters. The number of phenols is 4. The minimum atomic E-state index is -0.309. The van der Waals surface area contributed by atoms with E-state index in [1.54, 1.807) is 48.5 Å². The molecule has 52 heavy (non-hydrogen) atoms. The zero-order chi connectivity index (χ0) is 35.3. The standard InChI is InChI=1S/C44H34N4O4/c49-29-9-1-5-25(21-29)41-33-13-15-35(45-33)42(26-6-2-10-30(50)22-26)37-17-19-39(47-37)44(28-8-4-12-32(52)24-28)40-20-18-38(48-40)43(36-16-14-34(41)46-36)27-7-3-11-31(51)23-27/h1-17,19,21-24,41,45-47,49-52H,18,20H2. The molecule has 3 aromatic heterocycles. The second kappa shape index (κ2) is 12.4. The number of nitrogens with one attached hydrogen (secondary N) is 3. The van der Waals surface area contributed by atoms with Crippen molar-refractivity contribution in [2.75, 3.05) is 0 Å². The summed E-state index contributed by atoms with van der Waals surface area (Å²) >= 11 is 0. The molecule has 7 aromatic rings. The van der Waals surface area contributed by atoms with Crippen molar-refractivity contribution < 1.29 is 20.4 Å². The number of rotatable bonds is 4. The molecule has 0 radical (unpaired) electrons. The fourth-order valence-corrected chi connectivity index (χ4v) is 7.64. The molecular weight excluding hydrogens is 649 g/mol. The van der Waals surface area contributed by atoms with Crippen LogP contribution in [-0.2, 0) is 0 Å². The first-order valence-electron chi connectivity index (χ1n) is 17.2. The molecule has 4 aromatic carbocycles. The molecule has 7 N–H and O–H groups in total. The van der Waals surface area contributed by atoms with Crippen LogP contribution in [0.15, 0.2) is 144 Å². The lowest BCUT2D eigenvalue weighted by Crippen LogP contribution is -2.20. The third kappa shape index (κ3) is 5.56. The number of allylic oxidation sites excluding steroid dienone is 1. The Balaban J connectivity index is 1.40. The van der Waals surface area contributed by atoms with E-state index in [1.165, 1.54) is 0 Å². The lowest BCUT2D eigenvalue weighted by atomic mass is 9.92. The monoisotopic (exact) mass is 682 g/mol. The predicted octanol–water partition coefficient (Wildman–Crippen LogP) is 7.13. The van der Waals surface area contributed by atoms with Crippen LogP contribution in [-0.4, -0.2) is 41.1 Å². The number of aromatic hydroxyl groups is 4. The molecule has 8 bridgehead atoms. The van der Waals surface area contributed by atoms with Gasteiger partial charge in [0.05, 0.1) is 17.3 Å². The predicted molar refractivity (Wildman–Crippen MR) is 202 cm³/mol. The topological polar surface area (TPSA) is 141 Å². The number of phenolic OH excluding ortho intramolecular Hbond substituents is 4. The van der Waals surface area contributed by atoms with Crippen molar-refractivity contribution in [3.05, 3.63) is 195 Å². The van der Waals surface area contributed by atoms with Gasteiger partial charge < -0.3 is 35.4 Å². The van der Waals surface area contributed by atoms with Crippen LogP contribution in [0.4, 0.5) is 0 Å². The number of hydrogen-bond donors (Lipinski definition) is 7. The number of benzene rings is 4. The highest BCUT2D eigenvalue weighted by Crippen LogP contribution is 2.39. The molecule has 0 aliphatic carbocycles. The van der Waals surface area contributed by atoms with Gasteiger partial charge in [-0.05, 0) is 120 Å². The normalized spacial score (nSPS) is 15.6. The Bertz CT molecular complexity index is 2710. The van der Waals surface area contributed by atoms with Gasteiger partial charge in [-0.15, -0.1) is 0 Å². The molecule has 254 valence electrons. The summed E-state index contributed by atoms with van der Waals surface area (Å²) in [5, 5.41) is 44.0. The van der Waals surface area contributed by atoms with Gasteiger partial charge in [-0.2, -0.15) is 0 Å². The van der Waals surface area contributed by atoms with Crippen molar-refractivity contribution in [2.45, 2.75) is 18.8 Å². The maximum absolute atomic E-state index is 10.6. The first-order valence-corrected chi connectivity index (χ1v) is 17.2. The van der Waals surface area contributed by atoms with Gasteiger partial charge in [-0.3, -0.25) is 4.99 Å². The van der Waals surface area contributed by atoms with Crippen molar-refractivity contribution >= 4 is 22.4 Å². The van der Waals surface area contributed by atoms with Gasteiger partial charge in [0.25, 0.3) is 0 Å². The Morgan fingerprint density at radius 2 is 0.962 bits per heavy atom. The van der Waals surface area contributed by atoms with E-state index in [1.807, 2.05) is 72.8 Å². The Kier molecular flexibility index (Phi) is 7.43. The van der Waals surface area contributed by atoms with Crippen molar-refractivity contribution in [1.29, 1.82) is 0 Å². The Morgan fingerprint density at radius 1 is 0.462 bits per heavy atom.